The molecule has 1 aromatic heterocycles. The molecule has 2 aromatic rings. The predicted molar refractivity (Wildman–Crippen MR) is 109 cm³/mol. The maximum Gasteiger partial charge on any atom is 0.254 e. The first-order chi connectivity index (χ1) is 13.6. The van der Waals surface area contributed by atoms with Crippen molar-refractivity contribution in [2.24, 2.45) is 11.8 Å². The molecule has 148 valence electrons. The van der Waals surface area contributed by atoms with Crippen LogP contribution in [0.4, 0.5) is 0 Å². The first kappa shape index (κ1) is 18.9. The first-order valence-corrected chi connectivity index (χ1v) is 10.5. The van der Waals surface area contributed by atoms with Crippen molar-refractivity contribution in [3.05, 3.63) is 63.3 Å². The predicted octanol–water partition coefficient (Wildman–Crippen LogP) is 3.05. The van der Waals surface area contributed by atoms with E-state index in [4.69, 9.17) is 0 Å². The van der Waals surface area contributed by atoms with E-state index in [0.717, 1.165) is 62.9 Å². The molecule has 0 saturated carbocycles. The topological polar surface area (TPSA) is 66.1 Å². The van der Waals surface area contributed by atoms with Gasteiger partial charge in [-0.3, -0.25) is 9.59 Å². The van der Waals surface area contributed by atoms with E-state index in [1.54, 1.807) is 0 Å². The van der Waals surface area contributed by atoms with Gasteiger partial charge in [0.05, 0.1) is 5.69 Å². The number of hydrogen-bond acceptors (Lipinski definition) is 3. The lowest BCUT2D eigenvalue weighted by molar-refractivity contribution is -0.137. The van der Waals surface area contributed by atoms with Gasteiger partial charge >= 0.3 is 0 Å². The standard InChI is InChI=1S/C23H29N3O2/c1-16-24-21-10-8-19(7-9-20(21)22(27)25-16)23(28)26-13-11-18(12-14-26)15-17-5-3-2-4-6-17/h2-6,18-19H,7-15H2,1H3,(H,24,25,27). The summed E-state index contributed by atoms with van der Waals surface area (Å²) < 4.78 is 0. The number of carbonyl (C=O) groups excluding carboxylic acids is 1. The number of amides is 1. The second-order valence-corrected chi connectivity index (χ2v) is 8.31. The number of nitrogens with zero attached hydrogens (tertiary/aromatic N) is 2. The summed E-state index contributed by atoms with van der Waals surface area (Å²) in [5, 5.41) is 0. The number of fused-ring (bicyclic) bond motifs is 1. The Labute approximate surface area is 166 Å². The molecule has 1 fully saturated rings. The van der Waals surface area contributed by atoms with E-state index >= 15 is 0 Å². The van der Waals surface area contributed by atoms with Crippen LogP contribution in [0.2, 0.25) is 0 Å². The summed E-state index contributed by atoms with van der Waals surface area (Å²) in [6.07, 6.45) is 6.19. The second-order valence-electron chi connectivity index (χ2n) is 8.31. The molecule has 2 heterocycles. The first-order valence-electron chi connectivity index (χ1n) is 10.5. The van der Waals surface area contributed by atoms with Crippen LogP contribution in [0.5, 0.6) is 0 Å². The SMILES string of the molecule is Cc1nc2c(c(=O)[nH]1)CCC(C(=O)N1CCC(Cc3ccccc3)CC1)CC2. The van der Waals surface area contributed by atoms with E-state index < -0.39 is 0 Å². The quantitative estimate of drug-likeness (QED) is 0.834. The molecule has 1 atom stereocenters. The average Bonchev–Trinajstić information content (AvgIpc) is 2.92. The molecule has 28 heavy (non-hydrogen) atoms. The van der Waals surface area contributed by atoms with Gasteiger partial charge in [0.15, 0.2) is 0 Å². The van der Waals surface area contributed by atoms with Gasteiger partial charge in [-0.25, -0.2) is 4.98 Å². The molecule has 1 aliphatic heterocycles. The van der Waals surface area contributed by atoms with Crippen LogP contribution in [-0.2, 0) is 24.1 Å². The van der Waals surface area contributed by atoms with Gasteiger partial charge in [0.25, 0.3) is 5.56 Å². The van der Waals surface area contributed by atoms with Gasteiger partial charge in [-0.15, -0.1) is 0 Å². The molecule has 1 aromatic carbocycles. The summed E-state index contributed by atoms with van der Waals surface area (Å²) in [5.41, 5.74) is 3.03. The van der Waals surface area contributed by atoms with Crippen molar-refractivity contribution in [2.75, 3.05) is 13.1 Å². The van der Waals surface area contributed by atoms with E-state index in [1.807, 2.05) is 6.92 Å². The Morgan fingerprint density at radius 2 is 1.82 bits per heavy atom. The lowest BCUT2D eigenvalue weighted by Crippen LogP contribution is -2.42. The van der Waals surface area contributed by atoms with Crippen molar-refractivity contribution in [1.82, 2.24) is 14.9 Å². The monoisotopic (exact) mass is 379 g/mol. The van der Waals surface area contributed by atoms with E-state index in [2.05, 4.69) is 45.2 Å². The lowest BCUT2D eigenvalue weighted by Gasteiger charge is -2.34. The fourth-order valence-electron chi connectivity index (χ4n) is 4.72. The van der Waals surface area contributed by atoms with Crippen LogP contribution in [0.3, 0.4) is 0 Å². The number of likely N-dealkylation sites (tertiary alicyclic amines) is 1. The van der Waals surface area contributed by atoms with Crippen LogP contribution >= 0.6 is 0 Å². The summed E-state index contributed by atoms with van der Waals surface area (Å²) in [4.78, 5) is 34.7. The van der Waals surface area contributed by atoms with Gasteiger partial charge < -0.3 is 9.88 Å². The molecular weight excluding hydrogens is 350 g/mol. The molecule has 5 heteroatoms. The van der Waals surface area contributed by atoms with Crippen LogP contribution in [0.15, 0.2) is 35.1 Å². The third-order valence-electron chi connectivity index (χ3n) is 6.33. The summed E-state index contributed by atoms with van der Waals surface area (Å²) >= 11 is 0. The Kier molecular flexibility index (Phi) is 5.60. The van der Waals surface area contributed by atoms with Gasteiger partial charge in [-0.2, -0.15) is 0 Å². The number of piperidine rings is 1. The maximum atomic E-state index is 13.1. The highest BCUT2D eigenvalue weighted by molar-refractivity contribution is 5.79. The molecule has 1 unspecified atom stereocenters. The van der Waals surface area contributed by atoms with E-state index in [1.165, 1.54) is 5.56 Å². The Morgan fingerprint density at radius 3 is 2.57 bits per heavy atom. The van der Waals surface area contributed by atoms with Gasteiger partial charge in [-0.1, -0.05) is 30.3 Å². The molecule has 1 amide bonds. The minimum atomic E-state index is -0.0303. The van der Waals surface area contributed by atoms with Crippen LogP contribution in [0, 0.1) is 18.8 Å². The molecule has 1 N–H and O–H groups in total. The van der Waals surface area contributed by atoms with Gasteiger partial charge in [0.1, 0.15) is 5.82 Å². The molecule has 2 aliphatic rings. The van der Waals surface area contributed by atoms with Crippen molar-refractivity contribution in [1.29, 1.82) is 0 Å². The highest BCUT2D eigenvalue weighted by atomic mass is 16.2. The lowest BCUT2D eigenvalue weighted by atomic mass is 9.89. The highest BCUT2D eigenvalue weighted by Crippen LogP contribution is 2.27. The number of H-pyrrole nitrogens is 1. The van der Waals surface area contributed by atoms with Crippen molar-refractivity contribution >= 4 is 5.91 Å². The number of nitrogens with one attached hydrogen (secondary N) is 1. The smallest absolute Gasteiger partial charge is 0.254 e. The van der Waals surface area contributed by atoms with Crippen LogP contribution < -0.4 is 5.56 Å². The molecule has 1 aliphatic carbocycles. The number of aromatic amines is 1. The molecule has 5 nitrogen and oxygen atoms in total. The number of aromatic nitrogens is 2. The Morgan fingerprint density at radius 1 is 1.11 bits per heavy atom. The average molecular weight is 380 g/mol. The van der Waals surface area contributed by atoms with Crippen LogP contribution in [-0.4, -0.2) is 33.9 Å². The van der Waals surface area contributed by atoms with Gasteiger partial charge in [-0.05, 0) is 63.4 Å². The molecule has 0 spiro atoms. The maximum absolute atomic E-state index is 13.1. The number of aryl methyl sites for hydroxylation is 2. The van der Waals surface area contributed by atoms with Crippen LogP contribution in [0.1, 0.15) is 48.3 Å². The number of rotatable bonds is 3. The molecule has 0 bridgehead atoms. The fraction of sp³-hybridized carbons (Fsp3) is 0.522. The zero-order valence-electron chi connectivity index (χ0n) is 16.6. The van der Waals surface area contributed by atoms with Crippen molar-refractivity contribution in [3.8, 4) is 0 Å². The summed E-state index contributed by atoms with van der Waals surface area (Å²) in [6, 6.07) is 10.6. The summed E-state index contributed by atoms with van der Waals surface area (Å²) in [5.74, 6) is 1.61. The minimum absolute atomic E-state index is 0.0135. The van der Waals surface area contributed by atoms with E-state index in [0.29, 0.717) is 18.2 Å². The van der Waals surface area contributed by atoms with Crippen LogP contribution in [0.25, 0.3) is 0 Å². The third kappa shape index (κ3) is 4.18. The van der Waals surface area contributed by atoms with Crippen molar-refractivity contribution in [2.45, 2.75) is 51.9 Å². The van der Waals surface area contributed by atoms with E-state index in [-0.39, 0.29) is 17.4 Å². The van der Waals surface area contributed by atoms with Gasteiger partial charge in [0, 0.05) is 24.6 Å². The zero-order chi connectivity index (χ0) is 19.5. The summed E-state index contributed by atoms with van der Waals surface area (Å²) in [6.45, 7) is 3.53. The summed E-state index contributed by atoms with van der Waals surface area (Å²) in [7, 11) is 0. The molecule has 1 saturated heterocycles. The minimum Gasteiger partial charge on any atom is -0.342 e. The normalized spacial score (nSPS) is 20.5. The number of benzene rings is 1. The fourth-order valence-corrected chi connectivity index (χ4v) is 4.72. The zero-order valence-corrected chi connectivity index (χ0v) is 16.6. The Bertz CT molecular complexity index is 882. The Balaban J connectivity index is 1.33. The third-order valence-corrected chi connectivity index (χ3v) is 6.33. The van der Waals surface area contributed by atoms with Gasteiger partial charge in [0.2, 0.25) is 5.91 Å². The highest BCUT2D eigenvalue weighted by Gasteiger charge is 2.30. The number of hydrogen-bond donors (Lipinski definition) is 1. The molecular formula is C23H29N3O2. The second kappa shape index (κ2) is 8.29. The largest absolute Gasteiger partial charge is 0.342 e. The van der Waals surface area contributed by atoms with Crippen molar-refractivity contribution in [3.63, 3.8) is 0 Å². The Hall–Kier alpha value is -2.43. The molecule has 0 radical (unpaired) electrons. The van der Waals surface area contributed by atoms with Crippen molar-refractivity contribution < 1.29 is 4.79 Å². The van der Waals surface area contributed by atoms with E-state index in [9.17, 15) is 9.59 Å². The molecule has 4 rings (SSSR count). The number of carbonyl (C=O) groups is 1.